The molecule has 0 saturated heterocycles. The fourth-order valence-corrected chi connectivity index (χ4v) is 2.36. The minimum atomic E-state index is -0.597. The Morgan fingerprint density at radius 3 is 2.45 bits per heavy atom. The van der Waals surface area contributed by atoms with Crippen molar-refractivity contribution < 1.29 is 9.72 Å². The monoisotopic (exact) mass is 353 g/mol. The lowest BCUT2D eigenvalue weighted by atomic mass is 10.0. The molecular weight excluding hydrogens is 346 g/mol. The zero-order valence-electron chi connectivity index (χ0n) is 10.2. The van der Waals surface area contributed by atoms with E-state index >= 15 is 0 Å². The van der Waals surface area contributed by atoms with Crippen molar-refractivity contribution in [2.24, 2.45) is 0 Å². The molecule has 0 bridgehead atoms. The van der Waals surface area contributed by atoms with Gasteiger partial charge >= 0.3 is 0 Å². The van der Waals surface area contributed by atoms with E-state index in [1.165, 1.54) is 18.2 Å². The van der Waals surface area contributed by atoms with Gasteiger partial charge in [-0.3, -0.25) is 14.9 Å². The fourth-order valence-electron chi connectivity index (χ4n) is 1.82. The number of Topliss-reactive ketones (excluding diaryl/α,β-unsaturated/α-hetero) is 1. The number of benzene rings is 2. The number of nitro groups is 1. The number of halogens is 2. The van der Waals surface area contributed by atoms with Gasteiger partial charge < -0.3 is 0 Å². The summed E-state index contributed by atoms with van der Waals surface area (Å²) >= 11 is 9.23. The van der Waals surface area contributed by atoms with Crippen LogP contribution in [0.1, 0.15) is 15.9 Å². The molecular formula is C14H9BrClNO3. The van der Waals surface area contributed by atoms with Crippen LogP contribution in [0.5, 0.6) is 0 Å². The Hall–Kier alpha value is -1.72. The van der Waals surface area contributed by atoms with Gasteiger partial charge in [0.25, 0.3) is 5.69 Å². The lowest BCUT2D eigenvalue weighted by Gasteiger charge is -2.05. The Bertz CT molecular complexity index is 671. The highest BCUT2D eigenvalue weighted by Gasteiger charge is 2.23. The number of rotatable bonds is 4. The van der Waals surface area contributed by atoms with E-state index in [2.05, 4.69) is 15.9 Å². The summed E-state index contributed by atoms with van der Waals surface area (Å²) in [5.41, 5.74) is 0.467. The van der Waals surface area contributed by atoms with Crippen LogP contribution in [0.4, 0.5) is 5.69 Å². The van der Waals surface area contributed by atoms with Crippen molar-refractivity contribution in [2.45, 2.75) is 6.42 Å². The Kier molecular flexibility index (Phi) is 4.52. The maximum Gasteiger partial charge on any atom is 0.281 e. The zero-order valence-corrected chi connectivity index (χ0v) is 12.5. The van der Waals surface area contributed by atoms with E-state index in [0.29, 0.717) is 0 Å². The summed E-state index contributed by atoms with van der Waals surface area (Å²) in [7, 11) is 0. The number of nitrogens with zero attached hydrogens (tertiary/aromatic N) is 1. The van der Waals surface area contributed by atoms with Crippen LogP contribution in [0.2, 0.25) is 5.02 Å². The minimum absolute atomic E-state index is 0.0397. The molecule has 0 unspecified atom stereocenters. The Labute approximate surface area is 128 Å². The third kappa shape index (κ3) is 3.23. The van der Waals surface area contributed by atoms with Crippen LogP contribution in [0, 0.1) is 10.1 Å². The van der Waals surface area contributed by atoms with E-state index in [1.54, 1.807) is 12.1 Å². The molecule has 0 fully saturated rings. The average Bonchev–Trinajstić information content (AvgIpc) is 2.40. The first-order valence-electron chi connectivity index (χ1n) is 5.69. The molecule has 102 valence electrons. The highest BCUT2D eigenvalue weighted by atomic mass is 79.9. The second-order valence-corrected chi connectivity index (χ2v) is 5.44. The molecule has 2 aromatic rings. The maximum atomic E-state index is 12.2. The van der Waals surface area contributed by atoms with Crippen LogP contribution in [0.3, 0.4) is 0 Å². The lowest BCUT2D eigenvalue weighted by Crippen LogP contribution is -2.08. The minimum Gasteiger partial charge on any atom is -0.293 e. The smallest absolute Gasteiger partial charge is 0.281 e. The predicted octanol–water partition coefficient (Wildman–Crippen LogP) is 4.44. The van der Waals surface area contributed by atoms with E-state index < -0.39 is 4.92 Å². The van der Waals surface area contributed by atoms with Crippen molar-refractivity contribution in [1.29, 1.82) is 0 Å². The molecule has 0 amide bonds. The number of ketones is 1. The number of nitro benzene ring substituents is 1. The largest absolute Gasteiger partial charge is 0.293 e. The number of carbonyl (C=O) groups excluding carboxylic acids is 1. The predicted molar refractivity (Wildman–Crippen MR) is 80.3 cm³/mol. The summed E-state index contributed by atoms with van der Waals surface area (Å²) in [5.74, 6) is -0.371. The van der Waals surface area contributed by atoms with Crippen molar-refractivity contribution in [1.82, 2.24) is 0 Å². The van der Waals surface area contributed by atoms with Crippen LogP contribution < -0.4 is 0 Å². The second kappa shape index (κ2) is 6.15. The molecule has 0 radical (unpaired) electrons. The molecule has 0 atom stereocenters. The number of carbonyl (C=O) groups is 1. The van der Waals surface area contributed by atoms with Gasteiger partial charge in [-0.25, -0.2) is 0 Å². The fraction of sp³-hybridized carbons (Fsp3) is 0.0714. The SMILES string of the molecule is O=C(Cc1ccc(Br)cc1)c1c(Cl)cccc1[N+](=O)[O-]. The molecule has 0 spiro atoms. The lowest BCUT2D eigenvalue weighted by molar-refractivity contribution is -0.385. The normalized spacial score (nSPS) is 10.3. The van der Waals surface area contributed by atoms with Crippen LogP contribution in [-0.4, -0.2) is 10.7 Å². The molecule has 0 N–H and O–H groups in total. The summed E-state index contributed by atoms with van der Waals surface area (Å²) in [6.45, 7) is 0. The standard InChI is InChI=1S/C14H9BrClNO3/c15-10-6-4-9(5-7-10)8-13(18)14-11(16)2-1-3-12(14)17(19)20/h1-7H,8H2. The van der Waals surface area contributed by atoms with Crippen molar-refractivity contribution >= 4 is 39.0 Å². The molecule has 2 aromatic carbocycles. The van der Waals surface area contributed by atoms with E-state index in [4.69, 9.17) is 11.6 Å². The van der Waals surface area contributed by atoms with Crippen LogP contribution in [0.15, 0.2) is 46.9 Å². The number of hydrogen-bond acceptors (Lipinski definition) is 3. The van der Waals surface area contributed by atoms with Crippen LogP contribution in [-0.2, 0) is 6.42 Å². The van der Waals surface area contributed by atoms with Crippen molar-refractivity contribution in [3.05, 3.63) is 73.2 Å². The van der Waals surface area contributed by atoms with Crippen LogP contribution >= 0.6 is 27.5 Å². The highest BCUT2D eigenvalue weighted by Crippen LogP contribution is 2.27. The third-order valence-corrected chi connectivity index (χ3v) is 3.59. The molecule has 6 heteroatoms. The van der Waals surface area contributed by atoms with E-state index in [-0.39, 0.29) is 28.5 Å². The first-order chi connectivity index (χ1) is 9.49. The van der Waals surface area contributed by atoms with E-state index in [1.807, 2.05) is 12.1 Å². The summed E-state index contributed by atoms with van der Waals surface area (Å²) in [5, 5.41) is 11.1. The van der Waals surface area contributed by atoms with Gasteiger partial charge in [-0.1, -0.05) is 45.7 Å². The Balaban J connectivity index is 2.34. The first-order valence-corrected chi connectivity index (χ1v) is 6.86. The van der Waals surface area contributed by atoms with Gasteiger partial charge in [0.05, 0.1) is 9.95 Å². The van der Waals surface area contributed by atoms with Gasteiger partial charge in [-0.05, 0) is 23.8 Å². The van der Waals surface area contributed by atoms with Crippen molar-refractivity contribution in [3.63, 3.8) is 0 Å². The van der Waals surface area contributed by atoms with Gasteiger partial charge in [0.2, 0.25) is 0 Å². The zero-order chi connectivity index (χ0) is 14.7. The van der Waals surface area contributed by atoms with Crippen molar-refractivity contribution in [3.8, 4) is 0 Å². The van der Waals surface area contributed by atoms with Gasteiger partial charge in [-0.15, -0.1) is 0 Å². The quantitative estimate of drug-likeness (QED) is 0.463. The average molecular weight is 355 g/mol. The first kappa shape index (κ1) is 14.7. The molecule has 0 aliphatic carbocycles. The summed E-state index contributed by atoms with van der Waals surface area (Å²) in [6.07, 6.45) is 0.0673. The molecule has 2 rings (SSSR count). The maximum absolute atomic E-state index is 12.2. The van der Waals surface area contributed by atoms with Crippen molar-refractivity contribution in [2.75, 3.05) is 0 Å². The topological polar surface area (TPSA) is 60.2 Å². The third-order valence-electron chi connectivity index (χ3n) is 2.75. The summed E-state index contributed by atoms with van der Waals surface area (Å²) in [6, 6.07) is 11.4. The molecule has 0 saturated carbocycles. The molecule has 4 nitrogen and oxygen atoms in total. The van der Waals surface area contributed by atoms with Gasteiger partial charge in [0.15, 0.2) is 5.78 Å². The molecule has 0 heterocycles. The molecule has 0 aliphatic heterocycles. The van der Waals surface area contributed by atoms with Gasteiger partial charge in [0.1, 0.15) is 5.56 Å². The second-order valence-electron chi connectivity index (χ2n) is 4.12. The highest BCUT2D eigenvalue weighted by molar-refractivity contribution is 9.10. The Morgan fingerprint density at radius 2 is 1.85 bits per heavy atom. The van der Waals surface area contributed by atoms with E-state index in [0.717, 1.165) is 10.0 Å². The molecule has 0 aromatic heterocycles. The Morgan fingerprint density at radius 1 is 1.20 bits per heavy atom. The van der Waals surface area contributed by atoms with Gasteiger partial charge in [0, 0.05) is 17.0 Å². The van der Waals surface area contributed by atoms with Crippen LogP contribution in [0.25, 0.3) is 0 Å². The summed E-state index contributed by atoms with van der Waals surface area (Å²) < 4.78 is 0.900. The molecule has 0 aliphatic rings. The number of hydrogen-bond donors (Lipinski definition) is 0. The van der Waals surface area contributed by atoms with Gasteiger partial charge in [-0.2, -0.15) is 0 Å². The summed E-state index contributed by atoms with van der Waals surface area (Å²) in [4.78, 5) is 22.6. The van der Waals surface area contributed by atoms with E-state index in [9.17, 15) is 14.9 Å². The molecule has 20 heavy (non-hydrogen) atoms.